The Labute approximate surface area is 164 Å². The van der Waals surface area contributed by atoms with E-state index in [1.54, 1.807) is 14.2 Å². The van der Waals surface area contributed by atoms with Crippen molar-refractivity contribution in [2.24, 2.45) is 16.6 Å². The van der Waals surface area contributed by atoms with Crippen LogP contribution in [-0.4, -0.2) is 57.8 Å². The number of benzene rings is 1. The van der Waals surface area contributed by atoms with Gasteiger partial charge in [0, 0.05) is 19.6 Å². The maximum Gasteiger partial charge on any atom is 0.188 e. The molecule has 1 aromatic rings. The van der Waals surface area contributed by atoms with Crippen LogP contribution in [0.3, 0.4) is 0 Å². The van der Waals surface area contributed by atoms with Crippen molar-refractivity contribution in [3.05, 3.63) is 23.8 Å². The summed E-state index contributed by atoms with van der Waals surface area (Å²) in [6.07, 6.45) is 5.85. The summed E-state index contributed by atoms with van der Waals surface area (Å²) in [7, 11) is 3.29. The molecule has 0 amide bonds. The van der Waals surface area contributed by atoms with E-state index in [0.29, 0.717) is 5.96 Å². The zero-order valence-electron chi connectivity index (χ0n) is 17.2. The van der Waals surface area contributed by atoms with E-state index in [9.17, 15) is 0 Å². The van der Waals surface area contributed by atoms with Gasteiger partial charge >= 0.3 is 0 Å². The van der Waals surface area contributed by atoms with Crippen LogP contribution < -0.4 is 20.5 Å². The monoisotopic (exact) mass is 376 g/mol. The van der Waals surface area contributed by atoms with Gasteiger partial charge in [0.2, 0.25) is 0 Å². The van der Waals surface area contributed by atoms with Crippen molar-refractivity contribution in [1.82, 2.24) is 10.2 Å². The predicted molar refractivity (Wildman–Crippen MR) is 112 cm³/mol. The van der Waals surface area contributed by atoms with Crippen LogP contribution >= 0.6 is 0 Å². The summed E-state index contributed by atoms with van der Waals surface area (Å²) >= 11 is 0. The summed E-state index contributed by atoms with van der Waals surface area (Å²) in [6.45, 7) is 7.59. The van der Waals surface area contributed by atoms with Crippen molar-refractivity contribution in [3.8, 4) is 11.5 Å². The van der Waals surface area contributed by atoms with Gasteiger partial charge < -0.3 is 25.4 Å². The molecule has 0 radical (unpaired) electrons. The predicted octanol–water partition coefficient (Wildman–Crippen LogP) is 2.66. The lowest BCUT2D eigenvalue weighted by Crippen LogP contribution is -2.35. The van der Waals surface area contributed by atoms with Gasteiger partial charge in [-0.25, -0.2) is 0 Å². The number of guanidine groups is 1. The Hall–Kier alpha value is -1.95. The number of hydrogen-bond donors (Lipinski definition) is 2. The van der Waals surface area contributed by atoms with Crippen LogP contribution in [0.2, 0.25) is 0 Å². The average Bonchev–Trinajstić information content (AvgIpc) is 2.67. The molecule has 27 heavy (non-hydrogen) atoms. The first-order chi connectivity index (χ1) is 13.1. The van der Waals surface area contributed by atoms with E-state index in [1.807, 2.05) is 18.2 Å². The molecule has 1 aliphatic rings. The molecule has 1 atom stereocenters. The zero-order chi connectivity index (χ0) is 19.5. The number of rotatable bonds is 10. The molecule has 0 aliphatic carbocycles. The summed E-state index contributed by atoms with van der Waals surface area (Å²) in [5.74, 6) is 2.87. The van der Waals surface area contributed by atoms with Crippen LogP contribution in [-0.2, 0) is 6.42 Å². The minimum absolute atomic E-state index is 0.530. The lowest BCUT2D eigenvalue weighted by Gasteiger charge is -2.30. The second kappa shape index (κ2) is 11.7. The highest BCUT2D eigenvalue weighted by Gasteiger charge is 2.15. The number of methoxy groups -OCH3 is 2. The number of hydrogen-bond acceptors (Lipinski definition) is 4. The van der Waals surface area contributed by atoms with Crippen LogP contribution in [0.4, 0.5) is 0 Å². The number of nitrogens with two attached hydrogens (primary N) is 1. The largest absolute Gasteiger partial charge is 0.493 e. The van der Waals surface area contributed by atoms with Crippen LogP contribution in [0, 0.1) is 5.92 Å². The lowest BCUT2D eigenvalue weighted by atomic mass is 10.0. The van der Waals surface area contributed by atoms with Crippen LogP contribution in [0.5, 0.6) is 11.5 Å². The van der Waals surface area contributed by atoms with Gasteiger partial charge in [0.1, 0.15) is 0 Å². The highest BCUT2D eigenvalue weighted by molar-refractivity contribution is 5.77. The minimum atomic E-state index is 0.530. The Bertz CT molecular complexity index is 592. The van der Waals surface area contributed by atoms with E-state index in [-0.39, 0.29) is 0 Å². The molecular weight excluding hydrogens is 340 g/mol. The van der Waals surface area contributed by atoms with E-state index < -0.39 is 0 Å². The summed E-state index contributed by atoms with van der Waals surface area (Å²) in [5.41, 5.74) is 7.14. The van der Waals surface area contributed by atoms with Crippen molar-refractivity contribution in [3.63, 3.8) is 0 Å². The quantitative estimate of drug-likeness (QED) is 0.373. The average molecular weight is 377 g/mol. The Balaban J connectivity index is 1.60. The fourth-order valence-corrected chi connectivity index (χ4v) is 3.56. The second-order valence-corrected chi connectivity index (χ2v) is 7.39. The SMILES string of the molecule is COc1ccc(CCNC(N)=NCCCCN2CCCC(C)C2)cc1OC. The molecule has 6 heteroatoms. The van der Waals surface area contributed by atoms with Crippen LogP contribution in [0.25, 0.3) is 0 Å². The Kier molecular flexibility index (Phi) is 9.25. The van der Waals surface area contributed by atoms with E-state index in [2.05, 4.69) is 22.1 Å². The van der Waals surface area contributed by atoms with Gasteiger partial charge in [-0.1, -0.05) is 13.0 Å². The van der Waals surface area contributed by atoms with E-state index in [1.165, 1.54) is 44.5 Å². The molecule has 2 rings (SSSR count). The van der Waals surface area contributed by atoms with Crippen LogP contribution in [0.1, 0.15) is 38.2 Å². The first-order valence-corrected chi connectivity index (χ1v) is 10.1. The standard InChI is InChI=1S/C21H36N4O2/c1-17-7-6-14-25(16-17)13-5-4-11-23-21(22)24-12-10-18-8-9-19(26-2)20(15-18)27-3/h8-9,15,17H,4-7,10-14,16H2,1-3H3,(H3,22,23,24). The summed E-state index contributed by atoms with van der Waals surface area (Å²) in [6, 6.07) is 5.96. The highest BCUT2D eigenvalue weighted by Crippen LogP contribution is 2.27. The fourth-order valence-electron chi connectivity index (χ4n) is 3.56. The second-order valence-electron chi connectivity index (χ2n) is 7.39. The molecule has 0 bridgehead atoms. The molecule has 1 saturated heterocycles. The summed E-state index contributed by atoms with van der Waals surface area (Å²) < 4.78 is 10.6. The molecule has 1 heterocycles. The Morgan fingerprint density at radius 2 is 2.07 bits per heavy atom. The van der Waals surface area contributed by atoms with Crippen molar-refractivity contribution >= 4 is 5.96 Å². The molecule has 1 aromatic carbocycles. The molecule has 0 spiro atoms. The maximum absolute atomic E-state index is 5.97. The molecule has 152 valence electrons. The summed E-state index contributed by atoms with van der Waals surface area (Å²) in [5, 5.41) is 3.19. The zero-order valence-corrected chi connectivity index (χ0v) is 17.2. The third-order valence-corrected chi connectivity index (χ3v) is 5.07. The fraction of sp³-hybridized carbons (Fsp3) is 0.667. The highest BCUT2D eigenvalue weighted by atomic mass is 16.5. The number of aliphatic imine (C=N–C) groups is 1. The van der Waals surface area contributed by atoms with Gasteiger partial charge in [-0.2, -0.15) is 0 Å². The Morgan fingerprint density at radius 1 is 1.26 bits per heavy atom. The normalized spacial score (nSPS) is 18.3. The number of ether oxygens (including phenoxy) is 2. The van der Waals surface area contributed by atoms with Gasteiger partial charge in [-0.3, -0.25) is 4.99 Å². The van der Waals surface area contributed by atoms with Crippen LogP contribution in [0.15, 0.2) is 23.2 Å². The molecular formula is C21H36N4O2. The van der Waals surface area contributed by atoms with Gasteiger partial charge in [0.05, 0.1) is 14.2 Å². The molecule has 1 fully saturated rings. The molecule has 3 N–H and O–H groups in total. The molecule has 0 aromatic heterocycles. The summed E-state index contributed by atoms with van der Waals surface area (Å²) in [4.78, 5) is 7.02. The third kappa shape index (κ3) is 7.67. The number of nitrogens with zero attached hydrogens (tertiary/aromatic N) is 2. The number of piperidine rings is 1. The van der Waals surface area contributed by atoms with Crippen molar-refractivity contribution in [2.45, 2.75) is 39.0 Å². The smallest absolute Gasteiger partial charge is 0.188 e. The van der Waals surface area contributed by atoms with Crippen molar-refractivity contribution in [2.75, 3.05) is 46.9 Å². The van der Waals surface area contributed by atoms with Gasteiger partial charge in [0.25, 0.3) is 0 Å². The van der Waals surface area contributed by atoms with Gasteiger partial charge in [0.15, 0.2) is 17.5 Å². The topological polar surface area (TPSA) is 72.1 Å². The third-order valence-electron chi connectivity index (χ3n) is 5.07. The molecule has 1 aliphatic heterocycles. The lowest BCUT2D eigenvalue weighted by molar-refractivity contribution is 0.181. The van der Waals surface area contributed by atoms with Crippen molar-refractivity contribution < 1.29 is 9.47 Å². The van der Waals surface area contributed by atoms with E-state index >= 15 is 0 Å². The number of likely N-dealkylation sites (tertiary alicyclic amines) is 1. The molecule has 6 nitrogen and oxygen atoms in total. The van der Waals surface area contributed by atoms with E-state index in [4.69, 9.17) is 15.2 Å². The molecule has 0 saturated carbocycles. The first-order valence-electron chi connectivity index (χ1n) is 10.1. The van der Waals surface area contributed by atoms with Gasteiger partial charge in [-0.15, -0.1) is 0 Å². The minimum Gasteiger partial charge on any atom is -0.493 e. The molecule has 1 unspecified atom stereocenters. The first kappa shape index (κ1) is 21.4. The van der Waals surface area contributed by atoms with Crippen molar-refractivity contribution in [1.29, 1.82) is 0 Å². The Morgan fingerprint density at radius 3 is 2.81 bits per heavy atom. The number of nitrogens with one attached hydrogen (secondary N) is 1. The number of unbranched alkanes of at least 4 members (excludes halogenated alkanes) is 1. The van der Waals surface area contributed by atoms with Gasteiger partial charge in [-0.05, 0) is 68.8 Å². The van der Waals surface area contributed by atoms with E-state index in [0.717, 1.165) is 43.3 Å². The maximum atomic E-state index is 5.97.